The van der Waals surface area contributed by atoms with Crippen LogP contribution < -0.4 is 10.6 Å². The maximum absolute atomic E-state index is 13.3. The molecule has 0 saturated carbocycles. The van der Waals surface area contributed by atoms with Crippen molar-refractivity contribution in [2.75, 3.05) is 18.4 Å². The summed E-state index contributed by atoms with van der Waals surface area (Å²) in [6.07, 6.45) is 5.01. The molecule has 0 bridgehead atoms. The summed E-state index contributed by atoms with van der Waals surface area (Å²) in [5, 5.41) is 10.0. The second-order valence-corrected chi connectivity index (χ2v) is 11.8. The third kappa shape index (κ3) is 5.17. The number of rotatable bonds is 5. The molecule has 3 aliphatic heterocycles. The number of carbonyl (C=O) groups excluding carboxylic acids is 5. The number of hydrogen-bond acceptors (Lipinski definition) is 8. The fraction of sp³-hybridized carbons (Fsp3) is 0.500. The zero-order chi connectivity index (χ0) is 28.8. The highest BCUT2D eigenvalue weighted by molar-refractivity contribution is 6.25. The smallest absolute Gasteiger partial charge is 0.410 e. The summed E-state index contributed by atoms with van der Waals surface area (Å²) >= 11 is 0. The zero-order valence-electron chi connectivity index (χ0n) is 23.2. The maximum Gasteiger partial charge on any atom is 0.410 e. The van der Waals surface area contributed by atoms with Crippen LogP contribution >= 0.6 is 0 Å². The molecule has 0 radical (unpaired) electrons. The van der Waals surface area contributed by atoms with Crippen LogP contribution in [0.5, 0.6) is 0 Å². The van der Waals surface area contributed by atoms with Crippen LogP contribution in [0.3, 0.4) is 0 Å². The number of fused-ring (bicyclic) bond motifs is 1. The van der Waals surface area contributed by atoms with E-state index in [9.17, 15) is 24.0 Å². The number of ether oxygens (including phenoxy) is 1. The summed E-state index contributed by atoms with van der Waals surface area (Å²) < 4.78 is 7.42. The van der Waals surface area contributed by atoms with Gasteiger partial charge in [-0.3, -0.25) is 34.1 Å². The van der Waals surface area contributed by atoms with Gasteiger partial charge in [0.25, 0.3) is 11.8 Å². The van der Waals surface area contributed by atoms with Crippen molar-refractivity contribution < 1.29 is 28.7 Å². The molecule has 1 aromatic carbocycles. The molecular formula is C28H34N6O6. The third-order valence-electron chi connectivity index (χ3n) is 7.63. The van der Waals surface area contributed by atoms with Crippen molar-refractivity contribution in [2.45, 2.75) is 77.1 Å². The van der Waals surface area contributed by atoms with Crippen molar-refractivity contribution in [3.05, 3.63) is 47.3 Å². The lowest BCUT2D eigenvalue weighted by atomic mass is 9.90. The first-order chi connectivity index (χ1) is 18.9. The topological polar surface area (TPSA) is 143 Å². The first-order valence-corrected chi connectivity index (χ1v) is 13.5. The number of likely N-dealkylation sites (tertiary alicyclic amines) is 1. The minimum Gasteiger partial charge on any atom is -0.444 e. The number of nitrogens with one attached hydrogen (secondary N) is 2. The highest BCUT2D eigenvalue weighted by atomic mass is 16.6. The van der Waals surface area contributed by atoms with E-state index in [0.29, 0.717) is 25.3 Å². The summed E-state index contributed by atoms with van der Waals surface area (Å²) in [7, 11) is 0. The number of carbonyl (C=O) groups is 5. The van der Waals surface area contributed by atoms with E-state index in [1.54, 1.807) is 29.3 Å². The Hall–Kier alpha value is -4.22. The predicted octanol–water partition coefficient (Wildman–Crippen LogP) is 2.64. The molecule has 2 saturated heterocycles. The molecule has 0 spiro atoms. The maximum atomic E-state index is 13.3. The molecule has 12 nitrogen and oxygen atoms in total. The molecule has 0 aliphatic carbocycles. The molecule has 4 heterocycles. The molecule has 2 N–H and O–H groups in total. The number of imide groups is 2. The minimum atomic E-state index is -1.02. The Morgan fingerprint density at radius 2 is 1.88 bits per heavy atom. The van der Waals surface area contributed by atoms with Crippen LogP contribution in [-0.4, -0.2) is 74.0 Å². The van der Waals surface area contributed by atoms with Gasteiger partial charge in [-0.2, -0.15) is 5.10 Å². The molecule has 1 unspecified atom stereocenters. The van der Waals surface area contributed by atoms with E-state index in [1.165, 1.54) is 0 Å². The molecule has 3 aliphatic rings. The first kappa shape index (κ1) is 27.4. The summed E-state index contributed by atoms with van der Waals surface area (Å²) in [4.78, 5) is 65.4. The third-order valence-corrected chi connectivity index (χ3v) is 7.63. The normalized spacial score (nSPS) is 20.9. The van der Waals surface area contributed by atoms with E-state index in [2.05, 4.69) is 22.7 Å². The molecule has 2 fully saturated rings. The van der Waals surface area contributed by atoms with E-state index >= 15 is 0 Å². The van der Waals surface area contributed by atoms with Gasteiger partial charge in [-0.25, -0.2) is 4.79 Å². The van der Waals surface area contributed by atoms with Crippen LogP contribution in [0.1, 0.15) is 79.7 Å². The average Bonchev–Trinajstić information content (AvgIpc) is 3.46. The van der Waals surface area contributed by atoms with Crippen LogP contribution in [0.2, 0.25) is 0 Å². The Bertz CT molecular complexity index is 1380. The van der Waals surface area contributed by atoms with Crippen molar-refractivity contribution in [1.29, 1.82) is 0 Å². The van der Waals surface area contributed by atoms with E-state index in [1.807, 2.05) is 31.6 Å². The predicted molar refractivity (Wildman–Crippen MR) is 143 cm³/mol. The van der Waals surface area contributed by atoms with Crippen LogP contribution in [0, 0.1) is 0 Å². The SMILES string of the molecule is CC(C)(C)OC(=O)N1CCC(C)(n2cc(CNc3cccc4c3C(=O)N(C3CCC(=O)NC3=O)C4=O)cn2)CC1. The average molecular weight is 551 g/mol. The summed E-state index contributed by atoms with van der Waals surface area (Å²) in [6, 6.07) is 3.95. The second kappa shape index (κ2) is 10.1. The van der Waals surface area contributed by atoms with Crippen LogP contribution in [-0.2, 0) is 26.4 Å². The molecule has 12 heteroatoms. The molecular weight excluding hydrogens is 516 g/mol. The zero-order valence-corrected chi connectivity index (χ0v) is 23.2. The van der Waals surface area contributed by atoms with E-state index in [-0.39, 0.29) is 35.6 Å². The van der Waals surface area contributed by atoms with Gasteiger partial charge in [0.15, 0.2) is 0 Å². The molecule has 1 aromatic heterocycles. The van der Waals surface area contributed by atoms with Gasteiger partial charge in [-0.15, -0.1) is 0 Å². The van der Waals surface area contributed by atoms with Crippen molar-refractivity contribution in [2.24, 2.45) is 0 Å². The number of nitrogens with zero attached hydrogens (tertiary/aromatic N) is 4. The number of aromatic nitrogens is 2. The minimum absolute atomic E-state index is 0.0663. The van der Waals surface area contributed by atoms with Gasteiger partial charge in [0.1, 0.15) is 11.6 Å². The van der Waals surface area contributed by atoms with Gasteiger partial charge < -0.3 is 15.0 Å². The fourth-order valence-electron chi connectivity index (χ4n) is 5.33. The molecule has 2 aromatic rings. The van der Waals surface area contributed by atoms with Gasteiger partial charge in [0.2, 0.25) is 11.8 Å². The lowest BCUT2D eigenvalue weighted by Gasteiger charge is -2.39. The van der Waals surface area contributed by atoms with Crippen LogP contribution in [0.4, 0.5) is 10.5 Å². The number of hydrogen-bond donors (Lipinski definition) is 2. The van der Waals surface area contributed by atoms with Crippen molar-refractivity contribution >= 4 is 35.4 Å². The number of benzene rings is 1. The summed E-state index contributed by atoms with van der Waals surface area (Å²) in [5.74, 6) is -2.16. The van der Waals surface area contributed by atoms with Gasteiger partial charge in [-0.05, 0) is 59.1 Å². The molecule has 5 amide bonds. The van der Waals surface area contributed by atoms with Gasteiger partial charge in [-0.1, -0.05) is 6.07 Å². The van der Waals surface area contributed by atoms with E-state index in [0.717, 1.165) is 23.3 Å². The quantitative estimate of drug-likeness (QED) is 0.541. The summed E-state index contributed by atoms with van der Waals surface area (Å²) in [5.41, 5.74) is 0.991. The van der Waals surface area contributed by atoms with Crippen LogP contribution in [0.25, 0.3) is 0 Å². The number of piperidine rings is 2. The second-order valence-electron chi connectivity index (χ2n) is 11.8. The van der Waals surface area contributed by atoms with Crippen molar-refractivity contribution in [3.8, 4) is 0 Å². The van der Waals surface area contributed by atoms with Crippen molar-refractivity contribution in [3.63, 3.8) is 0 Å². The van der Waals surface area contributed by atoms with Gasteiger partial charge in [0.05, 0.1) is 22.9 Å². The largest absolute Gasteiger partial charge is 0.444 e. The lowest BCUT2D eigenvalue weighted by molar-refractivity contribution is -0.136. The fourth-order valence-corrected chi connectivity index (χ4v) is 5.33. The lowest BCUT2D eigenvalue weighted by Crippen LogP contribution is -2.54. The molecule has 5 rings (SSSR count). The Kier molecular flexibility index (Phi) is 6.89. The van der Waals surface area contributed by atoms with Crippen LogP contribution in [0.15, 0.2) is 30.6 Å². The molecule has 1 atom stereocenters. The van der Waals surface area contributed by atoms with E-state index in [4.69, 9.17) is 4.74 Å². The highest BCUT2D eigenvalue weighted by Crippen LogP contribution is 2.33. The molecule has 40 heavy (non-hydrogen) atoms. The monoisotopic (exact) mass is 550 g/mol. The summed E-state index contributed by atoms with van der Waals surface area (Å²) in [6.45, 7) is 9.15. The highest BCUT2D eigenvalue weighted by Gasteiger charge is 2.45. The van der Waals surface area contributed by atoms with Gasteiger partial charge >= 0.3 is 6.09 Å². The number of amides is 5. The molecule has 212 valence electrons. The van der Waals surface area contributed by atoms with Gasteiger partial charge in [0, 0.05) is 43.5 Å². The number of anilines is 1. The van der Waals surface area contributed by atoms with Crippen molar-refractivity contribution in [1.82, 2.24) is 24.9 Å². The Morgan fingerprint density at radius 3 is 2.55 bits per heavy atom. The Morgan fingerprint density at radius 1 is 1.15 bits per heavy atom. The standard InChI is InChI=1S/C28H34N6O6/c1-27(2,3)40-26(39)32-12-10-28(4,11-13-32)33-16-17(15-30-33)14-29-19-7-5-6-18-22(19)25(38)34(24(18)37)20-8-9-21(35)31-23(20)36/h5-7,15-16,20,29H,8-14H2,1-4H3,(H,31,35,36). The van der Waals surface area contributed by atoms with E-state index < -0.39 is 35.3 Å². The Balaban J connectivity index is 1.24. The first-order valence-electron chi connectivity index (χ1n) is 13.5. The Labute approximate surface area is 232 Å².